The molecule has 0 bridgehead atoms. The average molecular weight is 302 g/mol. The van der Waals surface area contributed by atoms with E-state index in [1.165, 1.54) is 52.3 Å². The number of unbranched alkanes of at least 4 members (excludes halogenated alkanes) is 3. The lowest BCUT2D eigenvalue weighted by molar-refractivity contribution is 0.305. The molecule has 0 saturated heterocycles. The normalized spacial score (nSPS) is 11.7. The lowest BCUT2D eigenvalue weighted by Crippen LogP contribution is -1.97. The molecular weight excluding hydrogens is 280 g/mol. The van der Waals surface area contributed by atoms with E-state index in [1.807, 2.05) is 0 Å². The maximum Gasteiger partial charge on any atom is 0.119 e. The Kier molecular flexibility index (Phi) is 3.78. The van der Waals surface area contributed by atoms with Crippen molar-refractivity contribution in [1.82, 2.24) is 0 Å². The number of hydrogen-bond acceptors (Lipinski definition) is 1. The summed E-state index contributed by atoms with van der Waals surface area (Å²) in [7, 11) is 0. The van der Waals surface area contributed by atoms with Crippen LogP contribution < -0.4 is 4.74 Å². The molecule has 0 atom stereocenters. The predicted molar refractivity (Wildman–Crippen MR) is 98.0 cm³/mol. The molecule has 0 aromatic heterocycles. The van der Waals surface area contributed by atoms with Crippen LogP contribution >= 0.6 is 0 Å². The summed E-state index contributed by atoms with van der Waals surface area (Å²) in [6.07, 6.45) is 4.96. The topological polar surface area (TPSA) is 9.23 Å². The first-order valence-electron chi connectivity index (χ1n) is 8.68. The van der Waals surface area contributed by atoms with E-state index in [4.69, 9.17) is 4.74 Å². The highest BCUT2D eigenvalue weighted by molar-refractivity contribution is 6.15. The molecule has 116 valence electrons. The highest BCUT2D eigenvalue weighted by Gasteiger charge is 2.21. The van der Waals surface area contributed by atoms with Gasteiger partial charge in [0.2, 0.25) is 0 Å². The van der Waals surface area contributed by atoms with Gasteiger partial charge in [-0.05, 0) is 51.6 Å². The third kappa shape index (κ3) is 2.50. The number of fused-ring (bicyclic) bond motifs is 3. The van der Waals surface area contributed by atoms with Gasteiger partial charge in [-0.1, -0.05) is 68.7 Å². The smallest absolute Gasteiger partial charge is 0.119 e. The Bertz CT molecular complexity index is 842. The first-order valence-corrected chi connectivity index (χ1v) is 8.68. The Morgan fingerprint density at radius 1 is 0.739 bits per heavy atom. The molecule has 1 aliphatic carbocycles. The van der Waals surface area contributed by atoms with Crippen molar-refractivity contribution in [1.29, 1.82) is 0 Å². The Balaban J connectivity index is 1.63. The van der Waals surface area contributed by atoms with Crippen LogP contribution in [0.15, 0.2) is 54.6 Å². The summed E-state index contributed by atoms with van der Waals surface area (Å²) in [6.45, 7) is 3.05. The largest absolute Gasteiger partial charge is 0.494 e. The Hall–Kier alpha value is -2.28. The maximum atomic E-state index is 5.97. The third-order valence-electron chi connectivity index (χ3n) is 4.74. The molecule has 23 heavy (non-hydrogen) atoms. The average Bonchev–Trinajstić information content (AvgIpc) is 2.91. The number of benzene rings is 3. The second-order valence-corrected chi connectivity index (χ2v) is 6.33. The van der Waals surface area contributed by atoms with Gasteiger partial charge < -0.3 is 4.74 Å². The van der Waals surface area contributed by atoms with Crippen molar-refractivity contribution in [3.63, 3.8) is 0 Å². The number of rotatable bonds is 6. The van der Waals surface area contributed by atoms with Gasteiger partial charge in [-0.25, -0.2) is 0 Å². The molecule has 0 fully saturated rings. The van der Waals surface area contributed by atoms with Gasteiger partial charge in [0, 0.05) is 0 Å². The van der Waals surface area contributed by atoms with Crippen molar-refractivity contribution >= 4 is 10.8 Å². The molecule has 0 radical (unpaired) electrons. The molecule has 0 saturated carbocycles. The van der Waals surface area contributed by atoms with Gasteiger partial charge in [-0.3, -0.25) is 0 Å². The minimum atomic E-state index is 0.815. The first kappa shape index (κ1) is 14.3. The summed E-state index contributed by atoms with van der Waals surface area (Å²) in [5.41, 5.74) is 5.32. The van der Waals surface area contributed by atoms with Crippen LogP contribution in [-0.2, 0) is 0 Å². The van der Waals surface area contributed by atoms with E-state index in [9.17, 15) is 0 Å². The minimum Gasteiger partial charge on any atom is -0.494 e. The van der Waals surface area contributed by atoms with Crippen LogP contribution in [0, 0.1) is 0 Å². The van der Waals surface area contributed by atoms with Crippen LogP contribution in [0.4, 0.5) is 0 Å². The first-order chi connectivity index (χ1) is 11.4. The van der Waals surface area contributed by atoms with Gasteiger partial charge in [0.1, 0.15) is 5.75 Å². The van der Waals surface area contributed by atoms with Crippen molar-refractivity contribution in [2.45, 2.75) is 32.6 Å². The van der Waals surface area contributed by atoms with Crippen LogP contribution in [0.1, 0.15) is 32.6 Å². The summed E-state index contributed by atoms with van der Waals surface area (Å²) in [4.78, 5) is 0. The van der Waals surface area contributed by atoms with Crippen molar-refractivity contribution in [3.8, 4) is 28.0 Å². The molecule has 0 heterocycles. The van der Waals surface area contributed by atoms with Gasteiger partial charge in [0.05, 0.1) is 6.61 Å². The van der Waals surface area contributed by atoms with E-state index in [1.54, 1.807) is 0 Å². The SMILES string of the molecule is CCCCCCOc1ccc2c(c1)-c1cccc3cccc-2c13. The third-order valence-corrected chi connectivity index (χ3v) is 4.74. The zero-order valence-corrected chi connectivity index (χ0v) is 13.6. The van der Waals surface area contributed by atoms with Crippen LogP contribution in [-0.4, -0.2) is 6.61 Å². The summed E-state index contributed by atoms with van der Waals surface area (Å²) < 4.78 is 5.97. The second kappa shape index (κ2) is 6.08. The monoisotopic (exact) mass is 302 g/mol. The van der Waals surface area contributed by atoms with Crippen LogP contribution in [0.3, 0.4) is 0 Å². The fraction of sp³-hybridized carbons (Fsp3) is 0.273. The molecule has 1 aliphatic rings. The summed E-state index contributed by atoms with van der Waals surface area (Å²) in [5, 5.41) is 2.70. The molecule has 0 amide bonds. The van der Waals surface area contributed by atoms with Crippen LogP contribution in [0.25, 0.3) is 33.0 Å². The lowest BCUT2D eigenvalue weighted by Gasteiger charge is -2.09. The highest BCUT2D eigenvalue weighted by Crippen LogP contribution is 2.47. The number of ether oxygens (including phenoxy) is 1. The van der Waals surface area contributed by atoms with Crippen molar-refractivity contribution in [3.05, 3.63) is 54.6 Å². The summed E-state index contributed by atoms with van der Waals surface area (Å²) >= 11 is 0. The zero-order chi connectivity index (χ0) is 15.6. The molecule has 3 aromatic carbocycles. The fourth-order valence-electron chi connectivity index (χ4n) is 3.58. The Labute approximate surface area is 137 Å². The molecule has 0 N–H and O–H groups in total. The quantitative estimate of drug-likeness (QED) is 0.372. The standard InChI is InChI=1S/C22H22O/c1-2-3-4-5-14-23-17-12-13-18-19-10-6-8-16-9-7-11-20(22(16)19)21(18)15-17/h6-13,15H,2-5,14H2,1H3. The lowest BCUT2D eigenvalue weighted by atomic mass is 10.0. The fourth-order valence-corrected chi connectivity index (χ4v) is 3.58. The molecule has 0 spiro atoms. The van der Waals surface area contributed by atoms with Crippen LogP contribution in [0.5, 0.6) is 5.75 Å². The molecule has 4 rings (SSSR count). The van der Waals surface area contributed by atoms with E-state index in [2.05, 4.69) is 61.5 Å². The molecule has 3 aromatic rings. The van der Waals surface area contributed by atoms with Gasteiger partial charge in [-0.2, -0.15) is 0 Å². The number of hydrogen-bond donors (Lipinski definition) is 0. The summed E-state index contributed by atoms with van der Waals surface area (Å²) in [5.74, 6) is 0.991. The van der Waals surface area contributed by atoms with E-state index in [0.717, 1.165) is 18.8 Å². The molecule has 0 unspecified atom stereocenters. The van der Waals surface area contributed by atoms with Crippen molar-refractivity contribution in [2.75, 3.05) is 6.61 Å². The van der Waals surface area contributed by atoms with E-state index in [0.29, 0.717) is 0 Å². The molecular formula is C22H22O. The summed E-state index contributed by atoms with van der Waals surface area (Å²) in [6, 6.07) is 19.7. The zero-order valence-electron chi connectivity index (χ0n) is 13.6. The van der Waals surface area contributed by atoms with Crippen molar-refractivity contribution in [2.24, 2.45) is 0 Å². The van der Waals surface area contributed by atoms with Crippen LogP contribution in [0.2, 0.25) is 0 Å². The predicted octanol–water partition coefficient (Wildman–Crippen LogP) is 6.45. The Morgan fingerprint density at radius 3 is 2.30 bits per heavy atom. The van der Waals surface area contributed by atoms with E-state index >= 15 is 0 Å². The second-order valence-electron chi connectivity index (χ2n) is 6.33. The minimum absolute atomic E-state index is 0.815. The van der Waals surface area contributed by atoms with Gasteiger partial charge in [0.25, 0.3) is 0 Å². The van der Waals surface area contributed by atoms with Gasteiger partial charge in [-0.15, -0.1) is 0 Å². The molecule has 1 heteroatoms. The van der Waals surface area contributed by atoms with E-state index < -0.39 is 0 Å². The molecule has 1 nitrogen and oxygen atoms in total. The van der Waals surface area contributed by atoms with Gasteiger partial charge >= 0.3 is 0 Å². The highest BCUT2D eigenvalue weighted by atomic mass is 16.5. The van der Waals surface area contributed by atoms with Gasteiger partial charge in [0.15, 0.2) is 0 Å². The Morgan fingerprint density at radius 2 is 1.52 bits per heavy atom. The molecule has 0 aliphatic heterocycles. The van der Waals surface area contributed by atoms with Crippen molar-refractivity contribution < 1.29 is 4.74 Å². The van der Waals surface area contributed by atoms with E-state index in [-0.39, 0.29) is 0 Å². The maximum absolute atomic E-state index is 5.97.